The molecule has 0 spiro atoms. The summed E-state index contributed by atoms with van der Waals surface area (Å²) in [6.45, 7) is 3.62. The maximum Gasteiger partial charge on any atom is 0.310 e. The van der Waals surface area contributed by atoms with E-state index in [2.05, 4.69) is 25.2 Å². The first kappa shape index (κ1) is 19.8. The molecule has 4 rings (SSSR count). The quantitative estimate of drug-likeness (QED) is 0.568. The molecule has 9 nitrogen and oxygen atoms in total. The van der Waals surface area contributed by atoms with Crippen LogP contribution in [-0.4, -0.2) is 53.1 Å². The third-order valence-electron chi connectivity index (χ3n) is 5.01. The number of piperidine rings is 1. The normalized spacial score (nSPS) is 16.3. The first-order chi connectivity index (χ1) is 14.7. The van der Waals surface area contributed by atoms with Gasteiger partial charge in [0.25, 0.3) is 5.89 Å². The van der Waals surface area contributed by atoms with Crippen LogP contribution in [0.5, 0.6) is 5.75 Å². The van der Waals surface area contributed by atoms with Gasteiger partial charge in [-0.1, -0.05) is 5.16 Å². The minimum atomic E-state index is -0.149. The van der Waals surface area contributed by atoms with Crippen molar-refractivity contribution >= 4 is 11.8 Å². The minimum absolute atomic E-state index is 0.136. The second-order valence-electron chi connectivity index (χ2n) is 6.97. The van der Waals surface area contributed by atoms with Crippen molar-refractivity contribution in [2.45, 2.75) is 19.8 Å². The lowest BCUT2D eigenvalue weighted by Crippen LogP contribution is -2.39. The highest BCUT2D eigenvalue weighted by Gasteiger charge is 2.27. The number of benzene rings is 1. The molecular weight excluding hydrogens is 386 g/mol. The van der Waals surface area contributed by atoms with Crippen molar-refractivity contribution in [2.75, 3.05) is 31.7 Å². The van der Waals surface area contributed by atoms with Crippen LogP contribution in [0.1, 0.15) is 19.8 Å². The number of hydrogen-bond acceptors (Lipinski definition) is 9. The Balaban J connectivity index is 1.46. The molecule has 0 unspecified atom stereocenters. The first-order valence-electron chi connectivity index (χ1n) is 9.91. The molecule has 1 fully saturated rings. The van der Waals surface area contributed by atoms with Crippen LogP contribution in [0.2, 0.25) is 0 Å². The van der Waals surface area contributed by atoms with E-state index in [9.17, 15) is 4.79 Å². The van der Waals surface area contributed by atoms with Gasteiger partial charge in [0.05, 0.1) is 19.6 Å². The van der Waals surface area contributed by atoms with E-state index in [1.54, 1.807) is 13.2 Å². The van der Waals surface area contributed by atoms with E-state index < -0.39 is 0 Å². The standard InChI is InChI=1S/C21H23N5O4/c1-3-29-21(27)15-5-4-12-26(13-15)18-11-10-17(23-24-18)20-22-19(25-30-20)14-6-8-16(28-2)9-7-14/h6-11,15H,3-5,12-13H2,1-2H3/t15-/m0/s1. The lowest BCUT2D eigenvalue weighted by molar-refractivity contribution is -0.148. The number of carbonyl (C=O) groups excluding carboxylic acids is 1. The lowest BCUT2D eigenvalue weighted by Gasteiger charge is -2.31. The van der Waals surface area contributed by atoms with Gasteiger partial charge in [0.15, 0.2) is 11.5 Å². The summed E-state index contributed by atoms with van der Waals surface area (Å²) in [7, 11) is 1.62. The molecule has 1 saturated heterocycles. The van der Waals surface area contributed by atoms with Crippen LogP contribution in [-0.2, 0) is 9.53 Å². The van der Waals surface area contributed by atoms with Gasteiger partial charge >= 0.3 is 5.97 Å². The van der Waals surface area contributed by atoms with Crippen molar-refractivity contribution in [3.63, 3.8) is 0 Å². The Morgan fingerprint density at radius 3 is 2.73 bits per heavy atom. The van der Waals surface area contributed by atoms with Crippen molar-refractivity contribution in [3.8, 4) is 28.7 Å². The second kappa shape index (κ2) is 8.89. The summed E-state index contributed by atoms with van der Waals surface area (Å²) in [6, 6.07) is 11.0. The van der Waals surface area contributed by atoms with Gasteiger partial charge in [-0.3, -0.25) is 4.79 Å². The molecule has 3 heterocycles. The molecule has 2 aromatic heterocycles. The van der Waals surface area contributed by atoms with E-state index >= 15 is 0 Å². The Bertz CT molecular complexity index is 987. The summed E-state index contributed by atoms with van der Waals surface area (Å²) in [4.78, 5) is 18.5. The van der Waals surface area contributed by atoms with Crippen LogP contribution in [0.15, 0.2) is 40.9 Å². The summed E-state index contributed by atoms with van der Waals surface area (Å²) in [5.74, 6) is 1.94. The fourth-order valence-electron chi connectivity index (χ4n) is 3.43. The van der Waals surface area contributed by atoms with Crippen LogP contribution in [0.25, 0.3) is 23.0 Å². The average Bonchev–Trinajstić information content (AvgIpc) is 3.30. The minimum Gasteiger partial charge on any atom is -0.497 e. The summed E-state index contributed by atoms with van der Waals surface area (Å²) in [6.07, 6.45) is 1.73. The fraction of sp³-hybridized carbons (Fsp3) is 0.381. The van der Waals surface area contributed by atoms with Crippen LogP contribution in [0.3, 0.4) is 0 Å². The third kappa shape index (κ3) is 4.24. The van der Waals surface area contributed by atoms with Crippen LogP contribution < -0.4 is 9.64 Å². The van der Waals surface area contributed by atoms with Gasteiger partial charge in [-0.15, -0.1) is 10.2 Å². The maximum atomic E-state index is 12.0. The number of carbonyl (C=O) groups is 1. The zero-order chi connectivity index (χ0) is 20.9. The highest BCUT2D eigenvalue weighted by molar-refractivity contribution is 5.73. The number of esters is 1. The third-order valence-corrected chi connectivity index (χ3v) is 5.01. The van der Waals surface area contributed by atoms with E-state index in [0.717, 1.165) is 30.7 Å². The molecule has 1 atom stereocenters. The number of nitrogens with zero attached hydrogens (tertiary/aromatic N) is 5. The number of hydrogen-bond donors (Lipinski definition) is 0. The molecule has 0 bridgehead atoms. The Morgan fingerprint density at radius 2 is 2.03 bits per heavy atom. The zero-order valence-electron chi connectivity index (χ0n) is 16.9. The average molecular weight is 409 g/mol. The van der Waals surface area contributed by atoms with Gasteiger partial charge in [0.1, 0.15) is 5.75 Å². The maximum absolute atomic E-state index is 12.0. The zero-order valence-corrected chi connectivity index (χ0v) is 16.9. The summed E-state index contributed by atoms with van der Waals surface area (Å²) >= 11 is 0. The summed E-state index contributed by atoms with van der Waals surface area (Å²) in [5.41, 5.74) is 1.30. The fourth-order valence-corrected chi connectivity index (χ4v) is 3.43. The summed E-state index contributed by atoms with van der Waals surface area (Å²) < 4.78 is 15.7. The molecular formula is C21H23N5O4. The highest BCUT2D eigenvalue weighted by atomic mass is 16.5. The van der Waals surface area contributed by atoms with E-state index in [4.69, 9.17) is 14.0 Å². The molecule has 0 saturated carbocycles. The molecule has 1 aliphatic heterocycles. The topological polar surface area (TPSA) is 103 Å². The molecule has 30 heavy (non-hydrogen) atoms. The monoisotopic (exact) mass is 409 g/mol. The van der Waals surface area contributed by atoms with Gasteiger partial charge in [0.2, 0.25) is 5.82 Å². The molecule has 1 aromatic carbocycles. The van der Waals surface area contributed by atoms with Crippen LogP contribution >= 0.6 is 0 Å². The lowest BCUT2D eigenvalue weighted by atomic mass is 9.98. The molecule has 0 N–H and O–H groups in total. The van der Waals surface area contributed by atoms with Gasteiger partial charge in [-0.05, 0) is 56.2 Å². The molecule has 156 valence electrons. The molecule has 3 aromatic rings. The Hall–Kier alpha value is -3.49. The number of aromatic nitrogens is 4. The first-order valence-corrected chi connectivity index (χ1v) is 9.91. The second-order valence-corrected chi connectivity index (χ2v) is 6.97. The summed E-state index contributed by atoms with van der Waals surface area (Å²) in [5, 5.41) is 12.6. The number of ether oxygens (including phenoxy) is 2. The Kier molecular flexibility index (Phi) is 5.87. The van der Waals surface area contributed by atoms with E-state index in [-0.39, 0.29) is 11.9 Å². The van der Waals surface area contributed by atoms with Crippen molar-refractivity contribution in [3.05, 3.63) is 36.4 Å². The van der Waals surface area contributed by atoms with E-state index in [1.807, 2.05) is 37.3 Å². The van der Waals surface area contributed by atoms with Crippen LogP contribution in [0.4, 0.5) is 5.82 Å². The number of anilines is 1. The molecule has 0 radical (unpaired) electrons. The van der Waals surface area contributed by atoms with Crippen LogP contribution in [0, 0.1) is 5.92 Å². The number of methoxy groups -OCH3 is 1. The van der Waals surface area contributed by atoms with Gasteiger partial charge in [-0.2, -0.15) is 4.98 Å². The molecule has 0 aliphatic carbocycles. The largest absolute Gasteiger partial charge is 0.497 e. The van der Waals surface area contributed by atoms with E-state index in [0.29, 0.717) is 36.4 Å². The Morgan fingerprint density at radius 1 is 1.20 bits per heavy atom. The van der Waals surface area contributed by atoms with E-state index in [1.165, 1.54) is 0 Å². The molecule has 9 heteroatoms. The highest BCUT2D eigenvalue weighted by Crippen LogP contribution is 2.25. The molecule has 0 amide bonds. The van der Waals surface area contributed by atoms with Crippen molar-refractivity contribution in [1.29, 1.82) is 0 Å². The smallest absolute Gasteiger partial charge is 0.310 e. The van der Waals surface area contributed by atoms with Gasteiger partial charge in [-0.25, -0.2) is 0 Å². The van der Waals surface area contributed by atoms with Crippen molar-refractivity contribution < 1.29 is 18.8 Å². The Labute approximate surface area is 174 Å². The predicted molar refractivity (Wildman–Crippen MR) is 109 cm³/mol. The molecule has 1 aliphatic rings. The number of rotatable bonds is 6. The predicted octanol–water partition coefficient (Wildman–Crippen LogP) is 2.98. The van der Waals surface area contributed by atoms with Crippen molar-refractivity contribution in [2.24, 2.45) is 5.92 Å². The van der Waals surface area contributed by atoms with Gasteiger partial charge < -0.3 is 18.9 Å². The van der Waals surface area contributed by atoms with Gasteiger partial charge in [0, 0.05) is 18.7 Å². The van der Waals surface area contributed by atoms with Crippen molar-refractivity contribution in [1.82, 2.24) is 20.3 Å². The SMILES string of the molecule is CCOC(=O)[C@H]1CCCN(c2ccc(-c3nc(-c4ccc(OC)cc4)no3)nn2)C1.